The molecule has 4 rings (SSSR count). The summed E-state index contributed by atoms with van der Waals surface area (Å²) in [6, 6.07) is 7.42. The highest BCUT2D eigenvalue weighted by molar-refractivity contribution is 6.42. The molecule has 1 N–H and O–H groups in total. The van der Waals surface area contributed by atoms with Crippen LogP contribution in [0.5, 0.6) is 11.5 Å². The van der Waals surface area contributed by atoms with Crippen molar-refractivity contribution in [3.63, 3.8) is 0 Å². The van der Waals surface area contributed by atoms with E-state index >= 15 is 0 Å². The summed E-state index contributed by atoms with van der Waals surface area (Å²) in [7, 11) is 0. The van der Waals surface area contributed by atoms with Gasteiger partial charge in [0.05, 0.1) is 27.9 Å². The molecule has 1 fully saturated rings. The SMILES string of the molecule is O=C1COc2cc(F)c(C(=O)N3CC(COc4ccc(Cl)c(Cl)c4)C3)cc2N1. The quantitative estimate of drug-likeness (QED) is 0.813. The highest BCUT2D eigenvalue weighted by Crippen LogP contribution is 2.32. The summed E-state index contributed by atoms with van der Waals surface area (Å²) in [5.41, 5.74) is 0.189. The van der Waals surface area contributed by atoms with Crippen molar-refractivity contribution in [1.82, 2.24) is 4.90 Å². The highest BCUT2D eigenvalue weighted by Gasteiger charge is 2.33. The van der Waals surface area contributed by atoms with E-state index in [1.807, 2.05) is 0 Å². The van der Waals surface area contributed by atoms with Gasteiger partial charge in [-0.1, -0.05) is 23.2 Å². The topological polar surface area (TPSA) is 67.9 Å². The Bertz CT molecular complexity index is 963. The summed E-state index contributed by atoms with van der Waals surface area (Å²) in [6.07, 6.45) is 0. The van der Waals surface area contributed by atoms with E-state index in [1.165, 1.54) is 11.0 Å². The lowest BCUT2D eigenvalue weighted by atomic mass is 9.99. The van der Waals surface area contributed by atoms with Gasteiger partial charge in [0, 0.05) is 31.1 Å². The predicted molar refractivity (Wildman–Crippen MR) is 102 cm³/mol. The predicted octanol–water partition coefficient (Wildman–Crippen LogP) is 3.61. The van der Waals surface area contributed by atoms with Crippen LogP contribution in [0.3, 0.4) is 0 Å². The lowest BCUT2D eigenvalue weighted by Crippen LogP contribution is -2.52. The number of hydrogen-bond donors (Lipinski definition) is 1. The molecule has 2 aromatic rings. The molecule has 2 heterocycles. The average Bonchev–Trinajstić information content (AvgIpc) is 2.62. The fourth-order valence-corrected chi connectivity index (χ4v) is 3.35. The number of carbonyl (C=O) groups excluding carboxylic acids is 2. The van der Waals surface area contributed by atoms with Crippen LogP contribution in [0, 0.1) is 11.7 Å². The van der Waals surface area contributed by atoms with Crippen LogP contribution in [-0.2, 0) is 4.79 Å². The zero-order valence-electron chi connectivity index (χ0n) is 14.5. The van der Waals surface area contributed by atoms with Gasteiger partial charge in [0.25, 0.3) is 11.8 Å². The third-order valence-electron chi connectivity index (χ3n) is 4.55. The number of ether oxygens (including phenoxy) is 2. The Kier molecular flexibility index (Phi) is 5.03. The van der Waals surface area contributed by atoms with E-state index in [9.17, 15) is 14.0 Å². The van der Waals surface area contributed by atoms with Crippen LogP contribution in [0.4, 0.5) is 10.1 Å². The minimum Gasteiger partial charge on any atom is -0.493 e. The van der Waals surface area contributed by atoms with Crippen molar-refractivity contribution >= 4 is 40.7 Å². The van der Waals surface area contributed by atoms with Gasteiger partial charge in [-0.05, 0) is 18.2 Å². The number of halogens is 3. The third kappa shape index (κ3) is 3.72. The van der Waals surface area contributed by atoms with Crippen molar-refractivity contribution in [3.05, 3.63) is 51.8 Å². The highest BCUT2D eigenvalue weighted by atomic mass is 35.5. The first-order chi connectivity index (χ1) is 13.4. The third-order valence-corrected chi connectivity index (χ3v) is 5.29. The van der Waals surface area contributed by atoms with Crippen molar-refractivity contribution in [2.24, 2.45) is 5.92 Å². The second kappa shape index (κ2) is 7.48. The summed E-state index contributed by atoms with van der Waals surface area (Å²) in [4.78, 5) is 25.5. The molecule has 0 spiro atoms. The van der Waals surface area contributed by atoms with E-state index in [1.54, 1.807) is 18.2 Å². The molecular formula is C19H15Cl2FN2O4. The van der Waals surface area contributed by atoms with Crippen molar-refractivity contribution in [1.29, 1.82) is 0 Å². The number of hydrogen-bond acceptors (Lipinski definition) is 4. The second-order valence-electron chi connectivity index (χ2n) is 6.63. The molecular weight excluding hydrogens is 410 g/mol. The summed E-state index contributed by atoms with van der Waals surface area (Å²) in [6.45, 7) is 1.11. The molecule has 0 unspecified atom stereocenters. The average molecular weight is 425 g/mol. The number of carbonyl (C=O) groups is 2. The van der Waals surface area contributed by atoms with Gasteiger partial charge >= 0.3 is 0 Å². The Morgan fingerprint density at radius 1 is 1.25 bits per heavy atom. The first-order valence-electron chi connectivity index (χ1n) is 8.54. The van der Waals surface area contributed by atoms with Crippen molar-refractivity contribution in [2.75, 3.05) is 31.6 Å². The van der Waals surface area contributed by atoms with Gasteiger partial charge in [0.1, 0.15) is 17.3 Å². The van der Waals surface area contributed by atoms with Crippen molar-refractivity contribution in [2.45, 2.75) is 0 Å². The standard InChI is InChI=1S/C19H15Cl2FN2O4/c20-13-2-1-11(3-14(13)21)27-8-10-6-24(7-10)19(26)12-4-16-17(5-15(12)22)28-9-18(25)23-16/h1-5,10H,6-9H2,(H,23,25). The number of anilines is 1. The zero-order chi connectivity index (χ0) is 19.8. The minimum atomic E-state index is -0.685. The normalized spacial score (nSPS) is 16.0. The molecule has 6 nitrogen and oxygen atoms in total. The molecule has 28 heavy (non-hydrogen) atoms. The molecule has 2 aromatic carbocycles. The molecule has 2 aliphatic heterocycles. The fraction of sp³-hybridized carbons (Fsp3) is 0.263. The van der Waals surface area contributed by atoms with Gasteiger partial charge in [-0.15, -0.1) is 0 Å². The molecule has 146 valence electrons. The van der Waals surface area contributed by atoms with E-state index in [4.69, 9.17) is 32.7 Å². The molecule has 0 bridgehead atoms. The Morgan fingerprint density at radius 3 is 2.79 bits per heavy atom. The maximum absolute atomic E-state index is 14.3. The molecule has 9 heteroatoms. The van der Waals surface area contributed by atoms with Gasteiger partial charge in [0.2, 0.25) is 0 Å². The van der Waals surface area contributed by atoms with Crippen molar-refractivity contribution in [3.8, 4) is 11.5 Å². The maximum Gasteiger partial charge on any atom is 0.262 e. The van der Waals surface area contributed by atoms with E-state index < -0.39 is 11.7 Å². The summed E-state index contributed by atoms with van der Waals surface area (Å²) in [5.74, 6) is -0.537. The Balaban J connectivity index is 1.35. The molecule has 1 saturated heterocycles. The molecule has 0 aromatic heterocycles. The van der Waals surface area contributed by atoms with E-state index in [0.29, 0.717) is 41.2 Å². The first kappa shape index (κ1) is 18.8. The number of nitrogens with one attached hydrogen (secondary N) is 1. The van der Waals surface area contributed by atoms with E-state index in [0.717, 1.165) is 6.07 Å². The number of nitrogens with zero attached hydrogens (tertiary/aromatic N) is 1. The number of rotatable bonds is 4. The molecule has 0 atom stereocenters. The zero-order valence-corrected chi connectivity index (χ0v) is 16.0. The Morgan fingerprint density at radius 2 is 2.04 bits per heavy atom. The number of likely N-dealkylation sites (tertiary alicyclic amines) is 1. The van der Waals surface area contributed by atoms with Gasteiger partial charge in [-0.2, -0.15) is 0 Å². The lowest BCUT2D eigenvalue weighted by molar-refractivity contribution is -0.118. The summed E-state index contributed by atoms with van der Waals surface area (Å²) >= 11 is 11.8. The largest absolute Gasteiger partial charge is 0.493 e. The van der Waals surface area contributed by atoms with Crippen LogP contribution in [0.15, 0.2) is 30.3 Å². The Labute approximate surface area is 170 Å². The minimum absolute atomic E-state index is 0.103. The van der Waals surface area contributed by atoms with Crippen molar-refractivity contribution < 1.29 is 23.5 Å². The van der Waals surface area contributed by atoms with Crippen LogP contribution in [0.25, 0.3) is 0 Å². The van der Waals surface area contributed by atoms with E-state index in [-0.39, 0.29) is 29.7 Å². The summed E-state index contributed by atoms with van der Waals surface area (Å²) < 4.78 is 25.1. The molecule has 0 saturated carbocycles. The van der Waals surface area contributed by atoms with Crippen LogP contribution < -0.4 is 14.8 Å². The molecule has 2 amide bonds. The monoisotopic (exact) mass is 424 g/mol. The number of benzene rings is 2. The smallest absolute Gasteiger partial charge is 0.262 e. The van der Waals surface area contributed by atoms with E-state index in [2.05, 4.69) is 5.32 Å². The molecule has 0 aliphatic carbocycles. The van der Waals surface area contributed by atoms with Crippen LogP contribution in [0.1, 0.15) is 10.4 Å². The number of amides is 2. The fourth-order valence-electron chi connectivity index (χ4n) is 3.06. The first-order valence-corrected chi connectivity index (χ1v) is 9.29. The van der Waals surface area contributed by atoms with Crippen LogP contribution in [-0.4, -0.2) is 43.0 Å². The molecule has 2 aliphatic rings. The van der Waals surface area contributed by atoms with Gasteiger partial charge in [-0.3, -0.25) is 9.59 Å². The molecule has 0 radical (unpaired) electrons. The second-order valence-corrected chi connectivity index (χ2v) is 7.44. The summed E-state index contributed by atoms with van der Waals surface area (Å²) in [5, 5.41) is 3.42. The Hall–Kier alpha value is -2.51. The van der Waals surface area contributed by atoms with Crippen LogP contribution >= 0.6 is 23.2 Å². The maximum atomic E-state index is 14.3. The van der Waals surface area contributed by atoms with Gasteiger partial charge in [0.15, 0.2) is 6.61 Å². The lowest BCUT2D eigenvalue weighted by Gasteiger charge is -2.39. The van der Waals surface area contributed by atoms with Crippen LogP contribution in [0.2, 0.25) is 10.0 Å². The van der Waals surface area contributed by atoms with Gasteiger partial charge in [-0.25, -0.2) is 4.39 Å². The van der Waals surface area contributed by atoms with Gasteiger partial charge < -0.3 is 19.7 Å². The number of fused-ring (bicyclic) bond motifs is 1.